The molecule has 1 amide bonds. The van der Waals surface area contributed by atoms with Gasteiger partial charge in [-0.2, -0.15) is 0 Å². The fourth-order valence-electron chi connectivity index (χ4n) is 2.97. The molecule has 25 heavy (non-hydrogen) atoms. The molecule has 0 bridgehead atoms. The van der Waals surface area contributed by atoms with Crippen LogP contribution >= 0.6 is 0 Å². The van der Waals surface area contributed by atoms with Crippen molar-refractivity contribution in [3.8, 4) is 5.75 Å². The first kappa shape index (κ1) is 17.5. The highest BCUT2D eigenvalue weighted by Gasteiger charge is 2.24. The van der Waals surface area contributed by atoms with E-state index < -0.39 is 6.10 Å². The van der Waals surface area contributed by atoms with Gasteiger partial charge in [-0.05, 0) is 24.6 Å². The fourth-order valence-corrected chi connectivity index (χ4v) is 2.97. The van der Waals surface area contributed by atoms with Gasteiger partial charge in [0.15, 0.2) is 0 Å². The number of piperidine rings is 1. The van der Waals surface area contributed by atoms with E-state index in [9.17, 15) is 9.90 Å². The molecule has 1 heterocycles. The Labute approximate surface area is 148 Å². The number of β-amino-alcohol motifs (C(OH)–C–C–N with tert-alkyl or cyclic N) is 1. The van der Waals surface area contributed by atoms with Crippen molar-refractivity contribution in [1.29, 1.82) is 0 Å². The van der Waals surface area contributed by atoms with E-state index >= 15 is 0 Å². The number of para-hydroxylation sites is 1. The number of carbonyl (C=O) groups is 1. The highest BCUT2D eigenvalue weighted by Crippen LogP contribution is 2.20. The normalized spacial score (nSPS) is 20.0. The summed E-state index contributed by atoms with van der Waals surface area (Å²) in [7, 11) is 0. The first-order chi connectivity index (χ1) is 12.2. The van der Waals surface area contributed by atoms with Crippen LogP contribution in [0.15, 0.2) is 54.6 Å². The van der Waals surface area contributed by atoms with Crippen LogP contribution in [-0.2, 0) is 17.8 Å². The van der Waals surface area contributed by atoms with Crippen LogP contribution in [0.5, 0.6) is 5.75 Å². The molecule has 5 nitrogen and oxygen atoms in total. The second-order valence-electron chi connectivity index (χ2n) is 6.29. The van der Waals surface area contributed by atoms with Crippen LogP contribution < -0.4 is 15.4 Å². The van der Waals surface area contributed by atoms with Gasteiger partial charge in [0.2, 0.25) is 5.91 Å². The predicted molar refractivity (Wildman–Crippen MR) is 96.3 cm³/mol. The minimum absolute atomic E-state index is 0.0956. The first-order valence-corrected chi connectivity index (χ1v) is 8.65. The summed E-state index contributed by atoms with van der Waals surface area (Å²) in [6.45, 7) is 1.78. The minimum Gasteiger partial charge on any atom is -0.489 e. The number of nitrogens with one attached hydrogen (secondary N) is 2. The number of hydrogen-bond donors (Lipinski definition) is 3. The summed E-state index contributed by atoms with van der Waals surface area (Å²) in [5.41, 5.74) is 1.93. The zero-order valence-corrected chi connectivity index (χ0v) is 14.2. The monoisotopic (exact) mass is 340 g/mol. The van der Waals surface area contributed by atoms with Gasteiger partial charge in [-0.1, -0.05) is 48.5 Å². The largest absolute Gasteiger partial charge is 0.489 e. The third kappa shape index (κ3) is 5.05. The average molecular weight is 340 g/mol. The number of rotatable bonds is 6. The fraction of sp³-hybridized carbons (Fsp3) is 0.350. The molecule has 2 aromatic rings. The summed E-state index contributed by atoms with van der Waals surface area (Å²) in [5.74, 6) is 0.620. The van der Waals surface area contributed by atoms with Crippen LogP contribution in [0.2, 0.25) is 0 Å². The molecule has 132 valence electrons. The lowest BCUT2D eigenvalue weighted by Gasteiger charge is -2.29. The van der Waals surface area contributed by atoms with Crippen molar-refractivity contribution < 1.29 is 14.6 Å². The molecule has 1 fully saturated rings. The van der Waals surface area contributed by atoms with Crippen molar-refractivity contribution >= 4 is 5.91 Å². The molecule has 2 unspecified atom stereocenters. The summed E-state index contributed by atoms with van der Waals surface area (Å²) in [6, 6.07) is 17.3. The Bertz CT molecular complexity index is 690. The van der Waals surface area contributed by atoms with E-state index in [0.717, 1.165) is 24.1 Å². The lowest BCUT2D eigenvalue weighted by Crippen LogP contribution is -2.52. The number of hydrogen-bond acceptors (Lipinski definition) is 4. The van der Waals surface area contributed by atoms with Gasteiger partial charge in [-0.3, -0.25) is 4.79 Å². The molecule has 0 saturated carbocycles. The zero-order chi connectivity index (χ0) is 17.5. The molecule has 2 aromatic carbocycles. The number of carbonyl (C=O) groups excluding carboxylic acids is 1. The Morgan fingerprint density at radius 2 is 1.92 bits per heavy atom. The lowest BCUT2D eigenvalue weighted by atomic mass is 10.0. The average Bonchev–Trinajstić information content (AvgIpc) is 2.64. The molecule has 3 rings (SSSR count). The molecule has 0 spiro atoms. The predicted octanol–water partition coefficient (Wildman–Crippen LogP) is 1.65. The van der Waals surface area contributed by atoms with Gasteiger partial charge in [0.05, 0.1) is 18.6 Å². The molecular weight excluding hydrogens is 316 g/mol. The van der Waals surface area contributed by atoms with Gasteiger partial charge in [-0.25, -0.2) is 0 Å². The van der Waals surface area contributed by atoms with E-state index in [0.29, 0.717) is 18.9 Å². The lowest BCUT2D eigenvalue weighted by molar-refractivity contribution is -0.122. The second-order valence-corrected chi connectivity index (χ2v) is 6.29. The Morgan fingerprint density at radius 1 is 1.16 bits per heavy atom. The van der Waals surface area contributed by atoms with Crippen molar-refractivity contribution in [3.63, 3.8) is 0 Å². The maximum Gasteiger partial charge on any atom is 0.224 e. The quantitative estimate of drug-likeness (QED) is 0.748. The topological polar surface area (TPSA) is 70.6 Å². The third-order valence-electron chi connectivity index (χ3n) is 4.36. The van der Waals surface area contributed by atoms with Crippen molar-refractivity contribution in [2.45, 2.75) is 31.6 Å². The first-order valence-electron chi connectivity index (χ1n) is 8.65. The molecule has 2 atom stereocenters. The van der Waals surface area contributed by atoms with E-state index in [-0.39, 0.29) is 18.4 Å². The zero-order valence-electron chi connectivity index (χ0n) is 14.2. The maximum atomic E-state index is 12.4. The third-order valence-corrected chi connectivity index (χ3v) is 4.36. The highest BCUT2D eigenvalue weighted by atomic mass is 16.5. The van der Waals surface area contributed by atoms with Gasteiger partial charge in [0, 0.05) is 12.1 Å². The van der Waals surface area contributed by atoms with Gasteiger partial charge < -0.3 is 20.5 Å². The van der Waals surface area contributed by atoms with Crippen LogP contribution in [0, 0.1) is 0 Å². The molecule has 1 aliphatic heterocycles. The molecule has 1 aliphatic rings. The summed E-state index contributed by atoms with van der Waals surface area (Å²) >= 11 is 0. The number of aliphatic hydroxyl groups excluding tert-OH is 1. The maximum absolute atomic E-state index is 12.4. The van der Waals surface area contributed by atoms with Crippen molar-refractivity contribution in [2.24, 2.45) is 0 Å². The molecule has 1 saturated heterocycles. The van der Waals surface area contributed by atoms with Crippen LogP contribution in [0.1, 0.15) is 17.5 Å². The SMILES string of the molecule is O=C(Cc1ccccc1OCc1ccccc1)NC1CCNCC1O. The summed E-state index contributed by atoms with van der Waals surface area (Å²) in [5, 5.41) is 16.0. The van der Waals surface area contributed by atoms with E-state index in [4.69, 9.17) is 4.74 Å². The second kappa shape index (κ2) is 8.65. The Hall–Kier alpha value is -2.37. The van der Waals surface area contributed by atoms with Crippen molar-refractivity contribution in [3.05, 3.63) is 65.7 Å². The highest BCUT2D eigenvalue weighted by molar-refractivity contribution is 5.79. The van der Waals surface area contributed by atoms with Crippen LogP contribution in [0.4, 0.5) is 0 Å². The minimum atomic E-state index is -0.540. The summed E-state index contributed by atoms with van der Waals surface area (Å²) < 4.78 is 5.90. The van der Waals surface area contributed by atoms with Gasteiger partial charge >= 0.3 is 0 Å². The van der Waals surface area contributed by atoms with E-state index in [1.54, 1.807) is 0 Å². The molecule has 3 N–H and O–H groups in total. The van der Waals surface area contributed by atoms with Gasteiger partial charge in [0.25, 0.3) is 0 Å². The molecular formula is C20H24N2O3. The van der Waals surface area contributed by atoms with E-state index in [1.807, 2.05) is 54.6 Å². The summed E-state index contributed by atoms with van der Waals surface area (Å²) in [4.78, 5) is 12.4. The van der Waals surface area contributed by atoms with Crippen molar-refractivity contribution in [1.82, 2.24) is 10.6 Å². The Balaban J connectivity index is 1.59. The smallest absolute Gasteiger partial charge is 0.224 e. The summed E-state index contributed by atoms with van der Waals surface area (Å²) in [6.07, 6.45) is 0.433. The van der Waals surface area contributed by atoms with Crippen LogP contribution in [0.3, 0.4) is 0 Å². The Morgan fingerprint density at radius 3 is 2.72 bits per heavy atom. The Kier molecular flexibility index (Phi) is 6.04. The van der Waals surface area contributed by atoms with Crippen LogP contribution in [0.25, 0.3) is 0 Å². The number of amides is 1. The van der Waals surface area contributed by atoms with E-state index in [2.05, 4.69) is 10.6 Å². The molecule has 5 heteroatoms. The van der Waals surface area contributed by atoms with Crippen LogP contribution in [-0.4, -0.2) is 36.2 Å². The molecule has 0 radical (unpaired) electrons. The van der Waals surface area contributed by atoms with E-state index in [1.165, 1.54) is 0 Å². The van der Waals surface area contributed by atoms with Crippen molar-refractivity contribution in [2.75, 3.05) is 13.1 Å². The molecule has 0 aliphatic carbocycles. The standard InChI is InChI=1S/C20H24N2O3/c23-18-13-21-11-10-17(18)22-20(24)12-16-8-4-5-9-19(16)25-14-15-6-2-1-3-7-15/h1-9,17-18,21,23H,10-14H2,(H,22,24). The molecule has 0 aromatic heterocycles. The number of benzene rings is 2. The van der Waals surface area contributed by atoms with Gasteiger partial charge in [-0.15, -0.1) is 0 Å². The number of aliphatic hydroxyl groups is 1. The number of ether oxygens (including phenoxy) is 1. The van der Waals surface area contributed by atoms with Gasteiger partial charge in [0.1, 0.15) is 12.4 Å².